The zero-order chi connectivity index (χ0) is 17.0. The molecule has 1 aromatic carbocycles. The van der Waals surface area contributed by atoms with Gasteiger partial charge in [0.15, 0.2) is 0 Å². The van der Waals surface area contributed by atoms with Gasteiger partial charge < -0.3 is 20.1 Å². The third-order valence-corrected chi connectivity index (χ3v) is 3.77. The van der Waals surface area contributed by atoms with E-state index in [4.69, 9.17) is 4.74 Å². The summed E-state index contributed by atoms with van der Waals surface area (Å²) in [5.74, 6) is -0.656. The van der Waals surface area contributed by atoms with E-state index >= 15 is 0 Å². The molecule has 0 bridgehead atoms. The molecule has 1 heterocycles. The Balaban J connectivity index is 1.87. The first-order valence-corrected chi connectivity index (χ1v) is 7.83. The normalized spacial score (nSPS) is 20.8. The lowest BCUT2D eigenvalue weighted by Gasteiger charge is -2.18. The summed E-state index contributed by atoms with van der Waals surface area (Å²) >= 11 is 0. The van der Waals surface area contributed by atoms with E-state index in [9.17, 15) is 14.7 Å². The fraction of sp³-hybridized carbons (Fsp3) is 0.529. The molecule has 1 fully saturated rings. The minimum Gasteiger partial charge on any atom is -0.388 e. The number of aliphatic hydroxyl groups excluding tert-OH is 1. The van der Waals surface area contributed by atoms with Crippen LogP contribution in [0, 0.1) is 6.92 Å². The van der Waals surface area contributed by atoms with Crippen LogP contribution in [0.5, 0.6) is 0 Å². The number of carbonyl (C=O) groups is 2. The van der Waals surface area contributed by atoms with Crippen LogP contribution in [0.15, 0.2) is 24.3 Å². The standard InChI is InChI=1S/C17H24N2O4/c1-11(2)23-15-10-19(9-14(15)20)17(22)8-16(21)18-13-7-5-4-6-12(13)3/h4-7,11,14-15,20H,8-10H2,1-3H3,(H,18,21). The molecule has 0 saturated carbocycles. The highest BCUT2D eigenvalue weighted by molar-refractivity contribution is 6.03. The Morgan fingerprint density at radius 2 is 2.04 bits per heavy atom. The number of amides is 2. The molecule has 2 N–H and O–H groups in total. The van der Waals surface area contributed by atoms with Gasteiger partial charge >= 0.3 is 0 Å². The second kappa shape index (κ2) is 7.57. The Kier molecular flexibility index (Phi) is 5.74. The van der Waals surface area contributed by atoms with Crippen molar-refractivity contribution in [3.8, 4) is 0 Å². The fourth-order valence-corrected chi connectivity index (χ4v) is 2.60. The summed E-state index contributed by atoms with van der Waals surface area (Å²) in [5.41, 5.74) is 1.64. The average Bonchev–Trinajstić information content (AvgIpc) is 2.82. The topological polar surface area (TPSA) is 78.9 Å². The monoisotopic (exact) mass is 320 g/mol. The molecule has 0 aliphatic carbocycles. The predicted octanol–water partition coefficient (Wildman–Crippen LogP) is 1.32. The zero-order valence-corrected chi connectivity index (χ0v) is 13.8. The van der Waals surface area contributed by atoms with Gasteiger partial charge in [-0.1, -0.05) is 18.2 Å². The van der Waals surface area contributed by atoms with Crippen LogP contribution >= 0.6 is 0 Å². The maximum atomic E-state index is 12.2. The van der Waals surface area contributed by atoms with Crippen molar-refractivity contribution in [3.63, 3.8) is 0 Å². The molecule has 6 heteroatoms. The maximum absolute atomic E-state index is 12.2. The van der Waals surface area contributed by atoms with Gasteiger partial charge in [-0.25, -0.2) is 0 Å². The number of hydrogen-bond acceptors (Lipinski definition) is 4. The van der Waals surface area contributed by atoms with Gasteiger partial charge in [-0.15, -0.1) is 0 Å². The van der Waals surface area contributed by atoms with Gasteiger partial charge in [-0.05, 0) is 32.4 Å². The minimum absolute atomic E-state index is 0.0194. The van der Waals surface area contributed by atoms with Crippen molar-refractivity contribution >= 4 is 17.5 Å². The van der Waals surface area contributed by atoms with E-state index in [2.05, 4.69) is 5.32 Å². The number of ether oxygens (including phenoxy) is 1. The number of rotatable bonds is 5. The summed E-state index contributed by atoms with van der Waals surface area (Å²) in [6.07, 6.45) is -1.36. The summed E-state index contributed by atoms with van der Waals surface area (Å²) in [6.45, 7) is 6.17. The van der Waals surface area contributed by atoms with E-state index in [1.165, 1.54) is 4.90 Å². The number of para-hydroxylation sites is 1. The van der Waals surface area contributed by atoms with Crippen LogP contribution in [0.2, 0.25) is 0 Å². The molecule has 1 saturated heterocycles. The molecule has 2 atom stereocenters. The van der Waals surface area contributed by atoms with Crippen molar-refractivity contribution in [1.29, 1.82) is 0 Å². The van der Waals surface area contributed by atoms with Gasteiger partial charge in [0.2, 0.25) is 11.8 Å². The Hall–Kier alpha value is -1.92. The number of aryl methyl sites for hydroxylation is 1. The molecule has 1 aliphatic heterocycles. The first kappa shape index (κ1) is 17.4. The Morgan fingerprint density at radius 1 is 1.35 bits per heavy atom. The van der Waals surface area contributed by atoms with Crippen molar-refractivity contribution < 1.29 is 19.4 Å². The minimum atomic E-state index is -0.708. The van der Waals surface area contributed by atoms with Crippen LogP contribution < -0.4 is 5.32 Å². The summed E-state index contributed by atoms with van der Waals surface area (Å²) < 4.78 is 5.58. The van der Waals surface area contributed by atoms with Crippen LogP contribution in [-0.2, 0) is 14.3 Å². The molecule has 0 radical (unpaired) electrons. The van der Waals surface area contributed by atoms with Gasteiger partial charge in [-0.2, -0.15) is 0 Å². The smallest absolute Gasteiger partial charge is 0.233 e. The lowest BCUT2D eigenvalue weighted by molar-refractivity contribution is -0.134. The molecule has 1 aliphatic rings. The summed E-state index contributed by atoms with van der Waals surface area (Å²) in [6, 6.07) is 7.40. The Morgan fingerprint density at radius 3 is 2.70 bits per heavy atom. The largest absolute Gasteiger partial charge is 0.388 e. The van der Waals surface area contributed by atoms with Gasteiger partial charge in [-0.3, -0.25) is 9.59 Å². The van der Waals surface area contributed by atoms with Crippen LogP contribution in [0.1, 0.15) is 25.8 Å². The average molecular weight is 320 g/mol. The first-order chi connectivity index (χ1) is 10.9. The van der Waals surface area contributed by atoms with E-state index in [1.807, 2.05) is 39.0 Å². The second-order valence-electron chi connectivity index (χ2n) is 6.13. The van der Waals surface area contributed by atoms with Gasteiger partial charge in [0.25, 0.3) is 0 Å². The Bertz CT molecular complexity index is 573. The lowest BCUT2D eigenvalue weighted by atomic mass is 10.2. The number of nitrogens with one attached hydrogen (secondary N) is 1. The molecular formula is C17H24N2O4. The van der Waals surface area contributed by atoms with Crippen LogP contribution in [0.25, 0.3) is 0 Å². The highest BCUT2D eigenvalue weighted by atomic mass is 16.5. The first-order valence-electron chi connectivity index (χ1n) is 7.83. The van der Waals surface area contributed by atoms with Gasteiger partial charge in [0, 0.05) is 18.8 Å². The molecule has 6 nitrogen and oxygen atoms in total. The number of anilines is 1. The predicted molar refractivity (Wildman–Crippen MR) is 87.0 cm³/mol. The van der Waals surface area contributed by atoms with Crippen molar-refractivity contribution in [2.24, 2.45) is 0 Å². The number of carbonyl (C=O) groups excluding carboxylic acids is 2. The summed E-state index contributed by atoms with van der Waals surface area (Å²) in [5, 5.41) is 12.7. The lowest BCUT2D eigenvalue weighted by Crippen LogP contribution is -2.33. The van der Waals surface area contributed by atoms with E-state index in [0.29, 0.717) is 12.2 Å². The summed E-state index contributed by atoms with van der Waals surface area (Å²) in [7, 11) is 0. The number of benzene rings is 1. The third kappa shape index (κ3) is 4.77. The van der Waals surface area contributed by atoms with E-state index < -0.39 is 12.2 Å². The zero-order valence-electron chi connectivity index (χ0n) is 13.8. The van der Waals surface area contributed by atoms with Crippen molar-refractivity contribution in [2.45, 2.75) is 45.5 Å². The Labute approximate surface area is 136 Å². The molecule has 126 valence electrons. The molecular weight excluding hydrogens is 296 g/mol. The van der Waals surface area contributed by atoms with E-state index in [0.717, 1.165) is 5.56 Å². The van der Waals surface area contributed by atoms with Crippen LogP contribution in [0.4, 0.5) is 5.69 Å². The summed E-state index contributed by atoms with van der Waals surface area (Å²) in [4.78, 5) is 25.7. The third-order valence-electron chi connectivity index (χ3n) is 3.77. The number of hydrogen-bond donors (Lipinski definition) is 2. The van der Waals surface area contributed by atoms with Crippen molar-refractivity contribution in [2.75, 3.05) is 18.4 Å². The van der Waals surface area contributed by atoms with Crippen LogP contribution in [-0.4, -0.2) is 53.2 Å². The fourth-order valence-electron chi connectivity index (χ4n) is 2.60. The van der Waals surface area contributed by atoms with E-state index in [1.54, 1.807) is 6.07 Å². The van der Waals surface area contributed by atoms with Gasteiger partial charge in [0.05, 0.1) is 12.2 Å². The quantitative estimate of drug-likeness (QED) is 0.802. The highest BCUT2D eigenvalue weighted by Gasteiger charge is 2.35. The molecule has 0 spiro atoms. The van der Waals surface area contributed by atoms with Crippen molar-refractivity contribution in [3.05, 3.63) is 29.8 Å². The molecule has 1 aromatic rings. The number of aliphatic hydroxyl groups is 1. The SMILES string of the molecule is Cc1ccccc1NC(=O)CC(=O)N1CC(O)C(OC(C)C)C1. The molecule has 23 heavy (non-hydrogen) atoms. The number of likely N-dealkylation sites (tertiary alicyclic amines) is 1. The van der Waals surface area contributed by atoms with E-state index in [-0.39, 0.29) is 30.9 Å². The number of β-amino-alcohol motifs (C(OH)–C–C–N with tert-alkyl or cyclic N) is 1. The molecule has 2 amide bonds. The molecule has 2 rings (SSSR count). The highest BCUT2D eigenvalue weighted by Crippen LogP contribution is 2.17. The van der Waals surface area contributed by atoms with Crippen molar-refractivity contribution in [1.82, 2.24) is 4.90 Å². The molecule has 2 unspecified atom stereocenters. The second-order valence-corrected chi connectivity index (χ2v) is 6.13. The maximum Gasteiger partial charge on any atom is 0.233 e. The number of nitrogens with zero attached hydrogens (tertiary/aromatic N) is 1. The molecule has 0 aromatic heterocycles. The van der Waals surface area contributed by atoms with Crippen LogP contribution in [0.3, 0.4) is 0 Å². The van der Waals surface area contributed by atoms with Gasteiger partial charge in [0.1, 0.15) is 12.5 Å².